The van der Waals surface area contributed by atoms with Crippen LogP contribution in [0.2, 0.25) is 5.02 Å². The fourth-order valence-electron chi connectivity index (χ4n) is 5.01. The molecule has 12 heteroatoms. The maximum atomic E-state index is 13.0. The number of esters is 1. The zero-order valence-electron chi connectivity index (χ0n) is 24.9. The van der Waals surface area contributed by atoms with Gasteiger partial charge in [-0.15, -0.1) is 0 Å². The summed E-state index contributed by atoms with van der Waals surface area (Å²) in [6.45, 7) is 4.55. The molecule has 0 saturated carbocycles. The molecular formula is C33H33ClN2O9. The number of hydrogen-bond acceptors (Lipinski definition) is 10. The molecule has 1 fully saturated rings. The summed E-state index contributed by atoms with van der Waals surface area (Å²) in [5, 5.41) is 11.2. The first kappa shape index (κ1) is 31.7. The van der Waals surface area contributed by atoms with E-state index in [1.54, 1.807) is 30.0 Å². The molecule has 1 saturated heterocycles. The van der Waals surface area contributed by atoms with Crippen LogP contribution in [0.4, 0.5) is 0 Å². The minimum atomic E-state index is -0.577. The molecule has 5 rings (SSSR count). The molecule has 0 bridgehead atoms. The van der Waals surface area contributed by atoms with Crippen molar-refractivity contribution in [2.45, 2.75) is 13.5 Å². The average Bonchev–Trinajstić information content (AvgIpc) is 3.03. The maximum absolute atomic E-state index is 13.0. The van der Waals surface area contributed by atoms with Crippen molar-refractivity contribution in [3.63, 3.8) is 0 Å². The van der Waals surface area contributed by atoms with Gasteiger partial charge in [0.25, 0.3) is 5.91 Å². The van der Waals surface area contributed by atoms with Crippen LogP contribution in [0, 0.1) is 0 Å². The van der Waals surface area contributed by atoms with E-state index in [2.05, 4.69) is 4.90 Å². The van der Waals surface area contributed by atoms with Crippen LogP contribution in [0.1, 0.15) is 12.5 Å². The summed E-state index contributed by atoms with van der Waals surface area (Å²) in [5.74, 6) is -0.105. The van der Waals surface area contributed by atoms with E-state index in [1.807, 2.05) is 24.3 Å². The Morgan fingerprint density at radius 2 is 1.73 bits per heavy atom. The molecule has 236 valence electrons. The molecule has 0 aliphatic carbocycles. The van der Waals surface area contributed by atoms with Crippen LogP contribution in [0.15, 0.2) is 69.9 Å². The zero-order valence-corrected chi connectivity index (χ0v) is 25.7. The van der Waals surface area contributed by atoms with Gasteiger partial charge in [0.15, 0.2) is 30.1 Å². The largest absolute Gasteiger partial charge is 0.507 e. The van der Waals surface area contributed by atoms with Gasteiger partial charge >= 0.3 is 5.97 Å². The van der Waals surface area contributed by atoms with Crippen molar-refractivity contribution in [3.8, 4) is 34.3 Å². The standard InChI is InChI=1S/C33H33ClN2O9/c1-3-42-32(40)20-43-23-15-25(37)33-26(38)17-28(45-30(33)16-23)21-8-9-27(41-2)29(14-21)44-19-31(39)36-12-10-35(11-13-36)18-22-6-4-5-7-24(22)34/h4-9,14-17,37H,3,10-13,18-20H2,1-2H3. The highest BCUT2D eigenvalue weighted by Gasteiger charge is 2.23. The first-order valence-electron chi connectivity index (χ1n) is 14.4. The number of aromatic hydroxyl groups is 1. The average molecular weight is 637 g/mol. The molecule has 0 unspecified atom stereocenters. The predicted octanol–water partition coefficient (Wildman–Crippen LogP) is 4.49. The summed E-state index contributed by atoms with van der Waals surface area (Å²) >= 11 is 6.30. The van der Waals surface area contributed by atoms with Crippen LogP contribution in [0.25, 0.3) is 22.3 Å². The Bertz CT molecular complexity index is 1750. The third-order valence-electron chi connectivity index (χ3n) is 7.32. The van der Waals surface area contributed by atoms with E-state index < -0.39 is 11.4 Å². The third kappa shape index (κ3) is 7.68. The molecule has 3 aromatic carbocycles. The Balaban J connectivity index is 1.27. The summed E-state index contributed by atoms with van der Waals surface area (Å²) in [6, 6.07) is 16.6. The highest BCUT2D eigenvalue weighted by Crippen LogP contribution is 2.35. The fourth-order valence-corrected chi connectivity index (χ4v) is 5.21. The number of amides is 1. The minimum Gasteiger partial charge on any atom is -0.507 e. The van der Waals surface area contributed by atoms with Gasteiger partial charge in [0.05, 0.1) is 13.7 Å². The number of hydrogen-bond donors (Lipinski definition) is 1. The normalized spacial score (nSPS) is 13.4. The molecule has 1 aliphatic rings. The van der Waals surface area contributed by atoms with Crippen LogP contribution in [0.3, 0.4) is 0 Å². The smallest absolute Gasteiger partial charge is 0.344 e. The lowest BCUT2D eigenvalue weighted by Crippen LogP contribution is -2.49. The van der Waals surface area contributed by atoms with Crippen molar-refractivity contribution in [2.75, 3.05) is 53.1 Å². The third-order valence-corrected chi connectivity index (χ3v) is 7.69. The number of carbonyl (C=O) groups excluding carboxylic acids is 2. The van der Waals surface area contributed by atoms with Crippen molar-refractivity contribution in [1.29, 1.82) is 0 Å². The molecule has 1 amide bonds. The highest BCUT2D eigenvalue weighted by atomic mass is 35.5. The summed E-state index contributed by atoms with van der Waals surface area (Å²) in [5.41, 5.74) is 1.10. The van der Waals surface area contributed by atoms with Crippen LogP contribution in [-0.4, -0.2) is 79.9 Å². The number of carbonyl (C=O) groups is 2. The lowest BCUT2D eigenvalue weighted by molar-refractivity contribution is -0.145. The Hall–Kier alpha value is -4.74. The van der Waals surface area contributed by atoms with Gasteiger partial charge in [0.2, 0.25) is 0 Å². The molecular weight excluding hydrogens is 604 g/mol. The maximum Gasteiger partial charge on any atom is 0.344 e. The van der Waals surface area contributed by atoms with Gasteiger partial charge in [-0.2, -0.15) is 0 Å². The molecule has 11 nitrogen and oxygen atoms in total. The quantitative estimate of drug-likeness (QED) is 0.235. The number of phenols is 1. The van der Waals surface area contributed by atoms with E-state index >= 15 is 0 Å². The first-order valence-corrected chi connectivity index (χ1v) is 14.8. The molecule has 4 aromatic rings. The second kappa shape index (κ2) is 14.4. The van der Waals surface area contributed by atoms with Gasteiger partial charge in [0.1, 0.15) is 28.2 Å². The summed E-state index contributed by atoms with van der Waals surface area (Å²) in [4.78, 5) is 41.7. The number of benzene rings is 3. The van der Waals surface area contributed by atoms with Crippen molar-refractivity contribution >= 4 is 34.4 Å². The Morgan fingerprint density at radius 3 is 2.47 bits per heavy atom. The lowest BCUT2D eigenvalue weighted by atomic mass is 10.1. The molecule has 0 radical (unpaired) electrons. The van der Waals surface area contributed by atoms with Crippen LogP contribution >= 0.6 is 11.6 Å². The first-order chi connectivity index (χ1) is 21.7. The molecule has 0 spiro atoms. The van der Waals surface area contributed by atoms with E-state index in [0.29, 0.717) is 44.0 Å². The topological polar surface area (TPSA) is 128 Å². The molecule has 2 heterocycles. The fraction of sp³-hybridized carbons (Fsp3) is 0.303. The minimum absolute atomic E-state index is 0.0372. The molecule has 0 atom stereocenters. The van der Waals surface area contributed by atoms with Gasteiger partial charge < -0.3 is 33.4 Å². The second-order valence-electron chi connectivity index (χ2n) is 10.3. The molecule has 1 aromatic heterocycles. The number of piperazine rings is 1. The second-order valence-corrected chi connectivity index (χ2v) is 10.7. The van der Waals surface area contributed by atoms with Gasteiger partial charge in [0, 0.05) is 61.5 Å². The van der Waals surface area contributed by atoms with Gasteiger partial charge in [-0.05, 0) is 36.8 Å². The Kier molecular flexibility index (Phi) is 10.1. The Labute approximate surface area is 264 Å². The van der Waals surface area contributed by atoms with Crippen LogP contribution in [-0.2, 0) is 20.9 Å². The number of fused-ring (bicyclic) bond motifs is 1. The van der Waals surface area contributed by atoms with Gasteiger partial charge in [-0.3, -0.25) is 14.5 Å². The van der Waals surface area contributed by atoms with E-state index in [4.69, 9.17) is 35.0 Å². The summed E-state index contributed by atoms with van der Waals surface area (Å²) in [7, 11) is 1.48. The van der Waals surface area contributed by atoms with Gasteiger partial charge in [-0.25, -0.2) is 4.79 Å². The molecule has 1 aliphatic heterocycles. The van der Waals surface area contributed by atoms with E-state index in [0.717, 1.165) is 10.6 Å². The number of rotatable bonds is 11. The van der Waals surface area contributed by atoms with Gasteiger partial charge in [-0.1, -0.05) is 29.8 Å². The van der Waals surface area contributed by atoms with E-state index in [9.17, 15) is 19.5 Å². The number of phenolic OH excluding ortho intramolecular Hbond substituents is 1. The van der Waals surface area contributed by atoms with Crippen LogP contribution in [0.5, 0.6) is 23.0 Å². The van der Waals surface area contributed by atoms with Crippen molar-refractivity contribution in [3.05, 3.63) is 81.5 Å². The number of methoxy groups -OCH3 is 1. The molecule has 1 N–H and O–H groups in total. The highest BCUT2D eigenvalue weighted by molar-refractivity contribution is 6.31. The monoisotopic (exact) mass is 636 g/mol. The van der Waals surface area contributed by atoms with Crippen LogP contribution < -0.4 is 19.6 Å². The SMILES string of the molecule is CCOC(=O)COc1cc(O)c2c(=O)cc(-c3ccc(OC)c(OCC(=O)N4CCN(Cc5ccccc5Cl)CC4)c3)oc2c1. The summed E-state index contributed by atoms with van der Waals surface area (Å²) in [6.07, 6.45) is 0. The van der Waals surface area contributed by atoms with Crippen molar-refractivity contribution in [2.24, 2.45) is 0 Å². The van der Waals surface area contributed by atoms with E-state index in [-0.39, 0.29) is 59.7 Å². The molecule has 45 heavy (non-hydrogen) atoms. The van der Waals surface area contributed by atoms with E-state index in [1.165, 1.54) is 25.3 Å². The number of ether oxygens (including phenoxy) is 4. The van der Waals surface area contributed by atoms with Crippen molar-refractivity contribution in [1.82, 2.24) is 9.80 Å². The lowest BCUT2D eigenvalue weighted by Gasteiger charge is -2.34. The number of nitrogens with zero attached hydrogens (tertiary/aromatic N) is 2. The predicted molar refractivity (Wildman–Crippen MR) is 167 cm³/mol. The zero-order chi connectivity index (χ0) is 31.9. The Morgan fingerprint density at radius 1 is 0.956 bits per heavy atom. The summed E-state index contributed by atoms with van der Waals surface area (Å²) < 4.78 is 27.6. The number of halogens is 1. The van der Waals surface area contributed by atoms with Crippen molar-refractivity contribution < 1.29 is 38.1 Å².